The van der Waals surface area contributed by atoms with Gasteiger partial charge in [0.15, 0.2) is 10.3 Å². The molecule has 1 aliphatic rings. The van der Waals surface area contributed by atoms with E-state index in [2.05, 4.69) is 46.8 Å². The highest BCUT2D eigenvalue weighted by Gasteiger charge is 2.17. The van der Waals surface area contributed by atoms with E-state index in [0.29, 0.717) is 6.04 Å². The summed E-state index contributed by atoms with van der Waals surface area (Å²) in [5.41, 5.74) is 4.47. The van der Waals surface area contributed by atoms with Crippen molar-refractivity contribution >= 4 is 60.9 Å². The molecule has 1 aromatic heterocycles. The van der Waals surface area contributed by atoms with Crippen molar-refractivity contribution < 1.29 is 0 Å². The third-order valence-electron chi connectivity index (χ3n) is 4.90. The zero-order valence-electron chi connectivity index (χ0n) is 16.7. The minimum Gasteiger partial charge on any atom is -0.361 e. The van der Waals surface area contributed by atoms with Crippen molar-refractivity contribution in [2.24, 2.45) is 4.99 Å². The van der Waals surface area contributed by atoms with Gasteiger partial charge in [-0.1, -0.05) is 60.2 Å². The van der Waals surface area contributed by atoms with Gasteiger partial charge in [0.1, 0.15) is 0 Å². The molecule has 0 saturated carbocycles. The van der Waals surface area contributed by atoms with E-state index in [1.54, 1.807) is 11.3 Å². The monoisotopic (exact) mass is 444 g/mol. The fourth-order valence-electron chi connectivity index (χ4n) is 3.29. The van der Waals surface area contributed by atoms with E-state index in [-0.39, 0.29) is 0 Å². The molecule has 4 nitrogen and oxygen atoms in total. The molecule has 1 atom stereocenters. The van der Waals surface area contributed by atoms with Crippen molar-refractivity contribution in [2.45, 2.75) is 39.2 Å². The Morgan fingerprint density at radius 3 is 2.83 bits per heavy atom. The molecule has 29 heavy (non-hydrogen) atoms. The maximum Gasteiger partial charge on any atom is 0.183 e. The Hall–Kier alpha value is -1.76. The van der Waals surface area contributed by atoms with Gasteiger partial charge >= 0.3 is 0 Å². The Kier molecular flexibility index (Phi) is 6.63. The van der Waals surface area contributed by atoms with Crippen LogP contribution in [0.4, 0.5) is 10.8 Å². The van der Waals surface area contributed by atoms with Crippen molar-refractivity contribution in [2.75, 3.05) is 22.9 Å². The number of anilines is 2. The van der Waals surface area contributed by atoms with Crippen LogP contribution in [0, 0.1) is 6.92 Å². The Balaban J connectivity index is 1.29. The summed E-state index contributed by atoms with van der Waals surface area (Å²) in [6.45, 7) is 5.07. The maximum atomic E-state index is 6.21. The summed E-state index contributed by atoms with van der Waals surface area (Å²) in [7, 11) is 0. The van der Waals surface area contributed by atoms with E-state index in [0.717, 1.165) is 55.5 Å². The number of halogens is 1. The fraction of sp³-hybridized carbons (Fsp3) is 0.364. The number of aryl methyl sites for hydroxylation is 1. The molecule has 0 radical (unpaired) electrons. The van der Waals surface area contributed by atoms with Crippen LogP contribution in [0.3, 0.4) is 0 Å². The van der Waals surface area contributed by atoms with Gasteiger partial charge in [-0.15, -0.1) is 0 Å². The molecule has 0 saturated heterocycles. The first-order valence-corrected chi connectivity index (χ1v) is 12.2. The normalized spacial score (nSPS) is 16.2. The molecule has 0 amide bonds. The number of nitrogens with one attached hydrogen (secondary N) is 2. The maximum absolute atomic E-state index is 6.21. The Morgan fingerprint density at radius 2 is 2.03 bits per heavy atom. The molecule has 7 heteroatoms. The van der Waals surface area contributed by atoms with Gasteiger partial charge in [-0.25, -0.2) is 4.98 Å². The van der Waals surface area contributed by atoms with Gasteiger partial charge in [0, 0.05) is 23.0 Å². The second kappa shape index (κ2) is 9.37. The van der Waals surface area contributed by atoms with Gasteiger partial charge in [-0.3, -0.25) is 4.99 Å². The molecule has 0 aliphatic carbocycles. The van der Waals surface area contributed by atoms with Gasteiger partial charge < -0.3 is 10.6 Å². The lowest BCUT2D eigenvalue weighted by atomic mass is 10.1. The Labute approximate surface area is 185 Å². The molecular weight excluding hydrogens is 420 g/mol. The van der Waals surface area contributed by atoms with Gasteiger partial charge in [0.05, 0.1) is 16.3 Å². The highest BCUT2D eigenvalue weighted by atomic mass is 35.5. The van der Waals surface area contributed by atoms with Gasteiger partial charge in [0.25, 0.3) is 0 Å². The number of amidine groups is 1. The summed E-state index contributed by atoms with van der Waals surface area (Å²) in [4.78, 5) is 9.41. The summed E-state index contributed by atoms with van der Waals surface area (Å²) < 4.78 is 1.12. The summed E-state index contributed by atoms with van der Waals surface area (Å²) in [5.74, 6) is 1.09. The van der Waals surface area contributed by atoms with Crippen LogP contribution in [0.15, 0.2) is 41.4 Å². The number of fused-ring (bicyclic) bond motifs is 1. The summed E-state index contributed by atoms with van der Waals surface area (Å²) in [6.07, 6.45) is 3.31. The van der Waals surface area contributed by atoms with E-state index >= 15 is 0 Å². The zero-order valence-corrected chi connectivity index (χ0v) is 19.1. The molecule has 0 bridgehead atoms. The second-order valence-electron chi connectivity index (χ2n) is 7.27. The number of rotatable bonds is 7. The third-order valence-corrected chi connectivity index (χ3v) is 7.31. The van der Waals surface area contributed by atoms with E-state index in [4.69, 9.17) is 16.6 Å². The summed E-state index contributed by atoms with van der Waals surface area (Å²) in [6, 6.07) is 13.1. The van der Waals surface area contributed by atoms with Crippen LogP contribution in [0.25, 0.3) is 10.2 Å². The molecule has 3 aromatic rings. The molecule has 1 aliphatic heterocycles. The molecule has 152 valence electrons. The standard InChI is InChI=1S/C22H25ClN4S2/c1-3-4-17-13-28-22(26-17)25-16-7-5-15(6-8-16)9-10-24-21-27-19-11-14(2)18(23)12-20(19)29-21/h5-8,11-12,17H,3-4,9-10,13H2,1-2H3,(H,24,27)(H,25,26). The molecule has 2 aromatic carbocycles. The topological polar surface area (TPSA) is 49.3 Å². The number of aliphatic imine (C=N–C) groups is 1. The first-order valence-electron chi connectivity index (χ1n) is 9.98. The minimum absolute atomic E-state index is 0.472. The number of thiazole rings is 1. The number of benzene rings is 2. The van der Waals surface area contributed by atoms with Crippen LogP contribution < -0.4 is 10.6 Å². The van der Waals surface area contributed by atoms with Gasteiger partial charge in [0.2, 0.25) is 0 Å². The van der Waals surface area contributed by atoms with Crippen molar-refractivity contribution in [1.82, 2.24) is 4.98 Å². The van der Waals surface area contributed by atoms with Gasteiger partial charge in [-0.2, -0.15) is 0 Å². The number of thioether (sulfide) groups is 1. The first kappa shape index (κ1) is 20.5. The molecule has 1 unspecified atom stereocenters. The van der Waals surface area contributed by atoms with E-state index < -0.39 is 0 Å². The second-order valence-corrected chi connectivity index (χ2v) is 9.72. The highest BCUT2D eigenvalue weighted by Crippen LogP contribution is 2.30. The minimum atomic E-state index is 0.472. The molecule has 2 heterocycles. The predicted molar refractivity (Wildman–Crippen MR) is 130 cm³/mol. The predicted octanol–water partition coefficient (Wildman–Crippen LogP) is 6.60. The van der Waals surface area contributed by atoms with Crippen molar-refractivity contribution in [3.8, 4) is 0 Å². The number of hydrogen-bond donors (Lipinski definition) is 2. The molecule has 4 rings (SSSR count). The fourth-order valence-corrected chi connectivity index (χ4v) is 5.43. The van der Waals surface area contributed by atoms with E-state index in [9.17, 15) is 0 Å². The quantitative estimate of drug-likeness (QED) is 0.431. The smallest absolute Gasteiger partial charge is 0.183 e. The van der Waals surface area contributed by atoms with Crippen molar-refractivity contribution in [3.63, 3.8) is 0 Å². The first-order chi connectivity index (χ1) is 14.1. The lowest BCUT2D eigenvalue weighted by molar-refractivity contribution is 0.670. The number of aromatic nitrogens is 1. The number of nitrogens with zero attached hydrogens (tertiary/aromatic N) is 2. The van der Waals surface area contributed by atoms with Crippen LogP contribution in [-0.4, -0.2) is 28.5 Å². The molecule has 0 spiro atoms. The Bertz CT molecular complexity index is 975. The molecule has 0 fully saturated rings. The highest BCUT2D eigenvalue weighted by molar-refractivity contribution is 8.14. The van der Waals surface area contributed by atoms with Crippen molar-refractivity contribution in [1.29, 1.82) is 0 Å². The van der Waals surface area contributed by atoms with Crippen LogP contribution in [0.2, 0.25) is 5.02 Å². The summed E-state index contributed by atoms with van der Waals surface area (Å²) >= 11 is 9.68. The van der Waals surface area contributed by atoms with Gasteiger partial charge in [-0.05, 0) is 55.2 Å². The lowest BCUT2D eigenvalue weighted by Gasteiger charge is -2.07. The molecular formula is C22H25ClN4S2. The lowest BCUT2D eigenvalue weighted by Crippen LogP contribution is -2.06. The average Bonchev–Trinajstić information content (AvgIpc) is 3.30. The SMILES string of the molecule is CCCC1CSC(Nc2ccc(CCNc3nc4cc(C)c(Cl)cc4s3)cc2)=N1. The van der Waals surface area contributed by atoms with Crippen LogP contribution in [0.5, 0.6) is 0 Å². The average molecular weight is 445 g/mol. The molecule has 2 N–H and O–H groups in total. The zero-order chi connectivity index (χ0) is 20.2. The van der Waals surface area contributed by atoms with Crippen molar-refractivity contribution in [3.05, 3.63) is 52.5 Å². The third kappa shape index (κ3) is 5.24. The summed E-state index contributed by atoms with van der Waals surface area (Å²) in [5, 5.41) is 9.66. The number of hydrogen-bond acceptors (Lipinski definition) is 6. The van der Waals surface area contributed by atoms with E-state index in [1.807, 2.05) is 30.8 Å². The largest absolute Gasteiger partial charge is 0.361 e. The van der Waals surface area contributed by atoms with Crippen LogP contribution >= 0.6 is 34.7 Å². The Morgan fingerprint density at radius 1 is 1.21 bits per heavy atom. The van der Waals surface area contributed by atoms with Crippen LogP contribution in [-0.2, 0) is 6.42 Å². The van der Waals surface area contributed by atoms with E-state index in [1.165, 1.54) is 18.4 Å². The van der Waals surface area contributed by atoms with Crippen LogP contribution in [0.1, 0.15) is 30.9 Å².